The summed E-state index contributed by atoms with van der Waals surface area (Å²) in [6.07, 6.45) is 0. The van der Waals surface area contributed by atoms with Crippen LogP contribution in [0, 0.1) is 0 Å². The van der Waals surface area contributed by atoms with Crippen LogP contribution in [0.15, 0.2) is 72.8 Å². The number of aromatic hydroxyl groups is 1. The Balaban J connectivity index is 1.69. The highest BCUT2D eigenvalue weighted by Gasteiger charge is 2.18. The van der Waals surface area contributed by atoms with Gasteiger partial charge in [-0.25, -0.2) is 0 Å². The summed E-state index contributed by atoms with van der Waals surface area (Å²) in [5.74, 6) is -0.381. The predicted octanol–water partition coefficient (Wildman–Crippen LogP) is 4.70. The van der Waals surface area contributed by atoms with Gasteiger partial charge in [0.05, 0.1) is 0 Å². The van der Waals surface area contributed by atoms with E-state index in [1.54, 1.807) is 24.3 Å². The molecule has 0 radical (unpaired) electrons. The van der Waals surface area contributed by atoms with E-state index in [4.69, 9.17) is 0 Å². The van der Waals surface area contributed by atoms with Gasteiger partial charge in [0.2, 0.25) is 0 Å². The average molecular weight is 388 g/mol. The molecule has 3 aromatic carbocycles. The molecule has 1 amide bonds. The average Bonchev–Trinajstić information content (AvgIpc) is 2.74. The molecule has 0 aromatic heterocycles. The van der Waals surface area contributed by atoms with E-state index in [2.05, 4.69) is 5.32 Å². The van der Waals surface area contributed by atoms with Crippen LogP contribution in [0.2, 0.25) is 0 Å². The molecule has 0 heterocycles. The first-order valence-electron chi connectivity index (χ1n) is 9.37. The molecule has 5 nitrogen and oxygen atoms in total. The van der Waals surface area contributed by atoms with Crippen molar-refractivity contribution in [1.82, 2.24) is 0 Å². The smallest absolute Gasteiger partial charge is 0.255 e. The van der Waals surface area contributed by atoms with Gasteiger partial charge in [-0.05, 0) is 66.2 Å². The second-order valence-electron chi connectivity index (χ2n) is 7.15. The molecule has 0 fully saturated rings. The van der Waals surface area contributed by atoms with Gasteiger partial charge in [0.25, 0.3) is 5.91 Å². The van der Waals surface area contributed by atoms with E-state index in [0.717, 1.165) is 11.3 Å². The van der Waals surface area contributed by atoms with Crippen LogP contribution in [-0.4, -0.2) is 30.9 Å². The summed E-state index contributed by atoms with van der Waals surface area (Å²) in [5.41, 5.74) is 3.65. The molecule has 5 heteroatoms. The molecule has 0 aliphatic heterocycles. The molecule has 0 saturated heterocycles. The first kappa shape index (κ1) is 20.1. The summed E-state index contributed by atoms with van der Waals surface area (Å²) >= 11 is 0. The number of phenols is 1. The van der Waals surface area contributed by atoms with E-state index in [1.165, 1.54) is 12.1 Å². The Morgan fingerprint density at radius 3 is 1.93 bits per heavy atom. The lowest BCUT2D eigenvalue weighted by Crippen LogP contribution is -2.13. The number of carbonyl (C=O) groups excluding carboxylic acids is 2. The lowest BCUT2D eigenvalue weighted by Gasteiger charge is -2.15. The molecule has 3 rings (SSSR count). The van der Waals surface area contributed by atoms with Crippen molar-refractivity contribution in [1.29, 1.82) is 0 Å². The maximum Gasteiger partial charge on any atom is 0.255 e. The van der Waals surface area contributed by atoms with Gasteiger partial charge >= 0.3 is 0 Å². The van der Waals surface area contributed by atoms with Crippen LogP contribution in [-0.2, 0) is 0 Å². The number of phenolic OH excluding ortho intramolecular Hbond substituents is 1. The van der Waals surface area contributed by atoms with Crippen LogP contribution < -0.4 is 10.2 Å². The number of carbonyl (C=O) groups is 2. The van der Waals surface area contributed by atoms with Crippen molar-refractivity contribution in [2.45, 2.75) is 12.8 Å². The zero-order valence-electron chi connectivity index (χ0n) is 16.7. The summed E-state index contributed by atoms with van der Waals surface area (Å²) in [6, 6.07) is 20.9. The summed E-state index contributed by atoms with van der Waals surface area (Å²) in [5, 5.41) is 12.1. The van der Waals surface area contributed by atoms with Crippen molar-refractivity contribution in [3.05, 3.63) is 89.5 Å². The topological polar surface area (TPSA) is 69.6 Å². The highest BCUT2D eigenvalue weighted by atomic mass is 16.3. The van der Waals surface area contributed by atoms with Gasteiger partial charge in [0, 0.05) is 42.5 Å². The van der Waals surface area contributed by atoms with E-state index < -0.39 is 0 Å². The van der Waals surface area contributed by atoms with Gasteiger partial charge in [-0.3, -0.25) is 9.59 Å². The first-order chi connectivity index (χ1) is 13.8. The largest absolute Gasteiger partial charge is 0.508 e. The second-order valence-corrected chi connectivity index (χ2v) is 7.15. The summed E-state index contributed by atoms with van der Waals surface area (Å²) in [7, 11) is 3.91. The van der Waals surface area contributed by atoms with Crippen molar-refractivity contribution in [2.24, 2.45) is 0 Å². The Morgan fingerprint density at radius 2 is 1.38 bits per heavy atom. The van der Waals surface area contributed by atoms with Crippen LogP contribution in [0.5, 0.6) is 5.75 Å². The molecule has 148 valence electrons. The summed E-state index contributed by atoms with van der Waals surface area (Å²) < 4.78 is 0. The van der Waals surface area contributed by atoms with Crippen LogP contribution in [0.25, 0.3) is 0 Å². The molecule has 0 saturated carbocycles. The van der Waals surface area contributed by atoms with Crippen LogP contribution in [0.4, 0.5) is 11.4 Å². The Labute approximate surface area is 170 Å². The molecule has 1 unspecified atom stereocenters. The molecular weight excluding hydrogens is 364 g/mol. The monoisotopic (exact) mass is 388 g/mol. The third-order valence-corrected chi connectivity index (χ3v) is 4.86. The lowest BCUT2D eigenvalue weighted by atomic mass is 9.91. The van der Waals surface area contributed by atoms with E-state index in [0.29, 0.717) is 16.8 Å². The minimum atomic E-state index is -0.311. The Bertz CT molecular complexity index is 992. The molecule has 2 N–H and O–H groups in total. The lowest BCUT2D eigenvalue weighted by molar-refractivity contribution is 0.0965. The zero-order valence-corrected chi connectivity index (χ0v) is 16.7. The van der Waals surface area contributed by atoms with E-state index in [9.17, 15) is 14.7 Å². The van der Waals surface area contributed by atoms with Crippen molar-refractivity contribution in [3.63, 3.8) is 0 Å². The van der Waals surface area contributed by atoms with Gasteiger partial charge in [-0.1, -0.05) is 19.1 Å². The standard InChI is InChI=1S/C24H24N2O3/c1-16(23(28)18-8-12-21(13-9-18)26(2)3)17-4-6-19(7-5-17)24(29)25-20-10-14-22(27)15-11-20/h4-16,27H,1-3H3,(H,25,29). The Morgan fingerprint density at radius 1 is 0.828 bits per heavy atom. The zero-order chi connectivity index (χ0) is 21.0. The number of nitrogens with one attached hydrogen (secondary N) is 1. The van der Waals surface area contributed by atoms with E-state index >= 15 is 0 Å². The molecule has 0 spiro atoms. The Kier molecular flexibility index (Phi) is 5.98. The van der Waals surface area contributed by atoms with E-state index in [-0.39, 0.29) is 23.4 Å². The fourth-order valence-corrected chi connectivity index (χ4v) is 3.00. The van der Waals surface area contributed by atoms with Crippen LogP contribution in [0.1, 0.15) is 39.1 Å². The van der Waals surface area contributed by atoms with Crippen molar-refractivity contribution >= 4 is 23.1 Å². The first-order valence-corrected chi connectivity index (χ1v) is 9.37. The number of ketones is 1. The second kappa shape index (κ2) is 8.61. The molecule has 29 heavy (non-hydrogen) atoms. The van der Waals surface area contributed by atoms with Gasteiger partial charge in [0.1, 0.15) is 5.75 Å². The molecule has 3 aromatic rings. The molecule has 0 aliphatic carbocycles. The minimum absolute atomic E-state index is 0.0385. The number of benzene rings is 3. The van der Waals surface area contributed by atoms with Gasteiger partial charge in [-0.2, -0.15) is 0 Å². The van der Waals surface area contributed by atoms with Crippen molar-refractivity contribution in [2.75, 3.05) is 24.3 Å². The fraction of sp³-hybridized carbons (Fsp3) is 0.167. The highest BCUT2D eigenvalue weighted by molar-refractivity contribution is 6.04. The number of amides is 1. The number of Topliss-reactive ketones (excluding diaryl/α,β-unsaturated/α-hetero) is 1. The third kappa shape index (κ3) is 4.82. The maximum absolute atomic E-state index is 12.8. The number of hydrogen-bond acceptors (Lipinski definition) is 4. The number of rotatable bonds is 6. The maximum atomic E-state index is 12.8. The van der Waals surface area contributed by atoms with Crippen molar-refractivity contribution < 1.29 is 14.7 Å². The molecule has 0 bridgehead atoms. The minimum Gasteiger partial charge on any atom is -0.508 e. The van der Waals surface area contributed by atoms with Gasteiger partial charge in [0.15, 0.2) is 5.78 Å². The van der Waals surface area contributed by atoms with E-state index in [1.807, 2.05) is 62.3 Å². The highest BCUT2D eigenvalue weighted by Crippen LogP contribution is 2.23. The quantitative estimate of drug-likeness (QED) is 0.474. The predicted molar refractivity (Wildman–Crippen MR) is 116 cm³/mol. The van der Waals surface area contributed by atoms with Gasteiger partial charge < -0.3 is 15.3 Å². The van der Waals surface area contributed by atoms with Crippen LogP contribution in [0.3, 0.4) is 0 Å². The third-order valence-electron chi connectivity index (χ3n) is 4.86. The molecular formula is C24H24N2O3. The molecule has 1 atom stereocenters. The Hall–Kier alpha value is -3.60. The SMILES string of the molecule is CC(C(=O)c1ccc(N(C)C)cc1)c1ccc(C(=O)Nc2ccc(O)cc2)cc1. The number of nitrogens with zero attached hydrogens (tertiary/aromatic N) is 1. The normalized spacial score (nSPS) is 11.6. The fourth-order valence-electron chi connectivity index (χ4n) is 3.00. The van der Waals surface area contributed by atoms with Crippen molar-refractivity contribution in [3.8, 4) is 5.75 Å². The number of anilines is 2. The molecule has 0 aliphatic rings. The summed E-state index contributed by atoms with van der Waals surface area (Å²) in [4.78, 5) is 27.2. The van der Waals surface area contributed by atoms with Crippen LogP contribution >= 0.6 is 0 Å². The summed E-state index contributed by atoms with van der Waals surface area (Å²) in [6.45, 7) is 1.87. The van der Waals surface area contributed by atoms with Gasteiger partial charge in [-0.15, -0.1) is 0 Å². The number of hydrogen-bond donors (Lipinski definition) is 2.